The molecule has 4 rings (SSSR count). The second-order valence-electron chi connectivity index (χ2n) is 6.82. The number of benzene rings is 2. The van der Waals surface area contributed by atoms with E-state index in [-0.39, 0.29) is 18.2 Å². The van der Waals surface area contributed by atoms with Crippen LogP contribution < -0.4 is 10.2 Å². The van der Waals surface area contributed by atoms with Gasteiger partial charge in [0.2, 0.25) is 11.9 Å². The van der Waals surface area contributed by atoms with Crippen molar-refractivity contribution in [2.75, 3.05) is 36.5 Å². The molecular formula is C20H19ClN8O3. The SMILES string of the molecule is O=[N+]([O-])c1cccc(CN=Nc2nc(Nc3ccc(Cl)cc3)nc(N3CCOCC3)n2)c1. The van der Waals surface area contributed by atoms with Crippen LogP contribution in [-0.4, -0.2) is 46.2 Å². The van der Waals surface area contributed by atoms with Gasteiger partial charge in [-0.15, -0.1) is 5.11 Å². The number of nitro benzene ring substituents is 1. The summed E-state index contributed by atoms with van der Waals surface area (Å²) in [5, 5.41) is 22.9. The molecule has 2 heterocycles. The minimum atomic E-state index is -0.448. The number of morpholine rings is 1. The summed E-state index contributed by atoms with van der Waals surface area (Å²) < 4.78 is 5.40. The van der Waals surface area contributed by atoms with Crippen LogP contribution >= 0.6 is 11.6 Å². The van der Waals surface area contributed by atoms with Gasteiger partial charge in [-0.2, -0.15) is 20.1 Å². The number of ether oxygens (including phenoxy) is 1. The first-order valence-electron chi connectivity index (χ1n) is 9.79. The Morgan fingerprint density at radius 1 is 1.12 bits per heavy atom. The van der Waals surface area contributed by atoms with E-state index in [1.54, 1.807) is 24.3 Å². The maximum Gasteiger partial charge on any atom is 0.275 e. The zero-order chi connectivity index (χ0) is 22.3. The molecule has 164 valence electrons. The molecule has 1 fully saturated rings. The summed E-state index contributed by atoms with van der Waals surface area (Å²) in [6, 6.07) is 13.4. The number of hydrogen-bond donors (Lipinski definition) is 1. The summed E-state index contributed by atoms with van der Waals surface area (Å²) in [5.74, 6) is 0.903. The van der Waals surface area contributed by atoms with Crippen molar-refractivity contribution in [3.63, 3.8) is 0 Å². The molecule has 0 atom stereocenters. The molecule has 0 saturated carbocycles. The molecule has 0 unspecified atom stereocenters. The lowest BCUT2D eigenvalue weighted by Gasteiger charge is -2.26. The number of non-ortho nitro benzene ring substituents is 1. The van der Waals surface area contributed by atoms with Crippen molar-refractivity contribution < 1.29 is 9.66 Å². The van der Waals surface area contributed by atoms with Crippen LogP contribution in [-0.2, 0) is 11.3 Å². The first-order chi connectivity index (χ1) is 15.6. The van der Waals surface area contributed by atoms with Crippen molar-refractivity contribution in [3.8, 4) is 0 Å². The van der Waals surface area contributed by atoms with E-state index in [9.17, 15) is 10.1 Å². The largest absolute Gasteiger partial charge is 0.378 e. The molecule has 32 heavy (non-hydrogen) atoms. The summed E-state index contributed by atoms with van der Waals surface area (Å²) in [4.78, 5) is 25.7. The van der Waals surface area contributed by atoms with Gasteiger partial charge in [0.25, 0.3) is 11.6 Å². The van der Waals surface area contributed by atoms with Crippen LogP contribution in [0.15, 0.2) is 58.8 Å². The minimum Gasteiger partial charge on any atom is -0.378 e. The van der Waals surface area contributed by atoms with E-state index in [0.717, 1.165) is 5.69 Å². The molecule has 2 aromatic carbocycles. The molecule has 1 aliphatic rings. The third-order valence-corrected chi connectivity index (χ3v) is 4.79. The van der Waals surface area contributed by atoms with Crippen LogP contribution in [0.3, 0.4) is 0 Å². The van der Waals surface area contributed by atoms with E-state index in [1.165, 1.54) is 12.1 Å². The molecular weight excluding hydrogens is 436 g/mol. The van der Waals surface area contributed by atoms with Crippen LogP contribution in [0.5, 0.6) is 0 Å². The standard InChI is InChI=1S/C20H19ClN8O3/c21-15-4-6-16(7-5-15)23-18-24-19(26-20(25-18)28-8-10-32-11-9-28)27-22-13-14-2-1-3-17(12-14)29(30)31/h1-7,12H,8-11,13H2,(H,23,24,25,26). The lowest BCUT2D eigenvalue weighted by molar-refractivity contribution is -0.384. The quantitative estimate of drug-likeness (QED) is 0.317. The Balaban J connectivity index is 1.56. The number of anilines is 3. The fraction of sp³-hybridized carbons (Fsp3) is 0.250. The predicted molar refractivity (Wildman–Crippen MR) is 119 cm³/mol. The van der Waals surface area contributed by atoms with Crippen molar-refractivity contribution in [1.29, 1.82) is 0 Å². The van der Waals surface area contributed by atoms with Gasteiger partial charge in [-0.05, 0) is 29.8 Å². The molecule has 3 aromatic rings. The molecule has 1 aromatic heterocycles. The second-order valence-corrected chi connectivity index (χ2v) is 7.25. The van der Waals surface area contributed by atoms with Crippen molar-refractivity contribution in [2.24, 2.45) is 10.2 Å². The molecule has 0 amide bonds. The number of halogens is 1. The van der Waals surface area contributed by atoms with Gasteiger partial charge in [-0.3, -0.25) is 10.1 Å². The zero-order valence-electron chi connectivity index (χ0n) is 16.9. The van der Waals surface area contributed by atoms with Crippen LogP contribution in [0, 0.1) is 10.1 Å². The van der Waals surface area contributed by atoms with Gasteiger partial charge < -0.3 is 15.0 Å². The number of aromatic nitrogens is 3. The first-order valence-corrected chi connectivity index (χ1v) is 10.2. The number of nitro groups is 1. The van der Waals surface area contributed by atoms with Crippen LogP contribution in [0.1, 0.15) is 5.56 Å². The second kappa shape index (κ2) is 10.1. The number of hydrogen-bond acceptors (Lipinski definition) is 10. The Labute approximate surface area is 188 Å². The highest BCUT2D eigenvalue weighted by atomic mass is 35.5. The van der Waals surface area contributed by atoms with E-state index in [1.807, 2.05) is 17.0 Å². The molecule has 12 heteroatoms. The molecule has 1 aliphatic heterocycles. The number of nitrogens with zero attached hydrogens (tertiary/aromatic N) is 7. The van der Waals surface area contributed by atoms with Crippen LogP contribution in [0.25, 0.3) is 0 Å². The molecule has 1 N–H and O–H groups in total. The number of nitrogens with one attached hydrogen (secondary N) is 1. The molecule has 0 bridgehead atoms. The van der Waals surface area contributed by atoms with Crippen LogP contribution in [0.4, 0.5) is 29.2 Å². The fourth-order valence-electron chi connectivity index (χ4n) is 2.97. The summed E-state index contributed by atoms with van der Waals surface area (Å²) in [5.41, 5.74) is 1.42. The highest BCUT2D eigenvalue weighted by Crippen LogP contribution is 2.22. The zero-order valence-corrected chi connectivity index (χ0v) is 17.6. The average Bonchev–Trinajstić information content (AvgIpc) is 2.81. The number of azo groups is 1. The fourth-order valence-corrected chi connectivity index (χ4v) is 3.10. The maximum absolute atomic E-state index is 10.9. The Kier molecular flexibility index (Phi) is 6.78. The van der Waals surface area contributed by atoms with Gasteiger partial charge in [-0.1, -0.05) is 23.7 Å². The van der Waals surface area contributed by atoms with Gasteiger partial charge in [0.05, 0.1) is 24.7 Å². The summed E-state index contributed by atoms with van der Waals surface area (Å²) in [7, 11) is 0. The molecule has 0 aliphatic carbocycles. The normalized spacial score (nSPS) is 14.0. The van der Waals surface area contributed by atoms with E-state index in [2.05, 4.69) is 30.5 Å². The highest BCUT2D eigenvalue weighted by molar-refractivity contribution is 6.30. The van der Waals surface area contributed by atoms with E-state index >= 15 is 0 Å². The summed E-state index contributed by atoms with van der Waals surface area (Å²) in [6.45, 7) is 2.61. The lowest BCUT2D eigenvalue weighted by Crippen LogP contribution is -2.37. The minimum absolute atomic E-state index is 0.00177. The van der Waals surface area contributed by atoms with E-state index in [4.69, 9.17) is 16.3 Å². The van der Waals surface area contributed by atoms with Crippen molar-refractivity contribution in [2.45, 2.75) is 6.54 Å². The van der Waals surface area contributed by atoms with Crippen molar-refractivity contribution >= 4 is 40.8 Å². The Bertz CT molecular complexity index is 1120. The smallest absolute Gasteiger partial charge is 0.275 e. The molecule has 1 saturated heterocycles. The van der Waals surface area contributed by atoms with Gasteiger partial charge in [0.1, 0.15) is 0 Å². The third kappa shape index (κ3) is 5.71. The van der Waals surface area contributed by atoms with E-state index < -0.39 is 4.92 Å². The van der Waals surface area contributed by atoms with Gasteiger partial charge in [0, 0.05) is 35.9 Å². The average molecular weight is 455 g/mol. The maximum atomic E-state index is 10.9. The lowest BCUT2D eigenvalue weighted by atomic mass is 10.2. The number of rotatable bonds is 7. The summed E-state index contributed by atoms with van der Waals surface area (Å²) in [6.07, 6.45) is 0. The first kappa shape index (κ1) is 21.5. The molecule has 11 nitrogen and oxygen atoms in total. The molecule has 0 radical (unpaired) electrons. The monoisotopic (exact) mass is 454 g/mol. The molecule has 0 spiro atoms. The predicted octanol–water partition coefficient (Wildman–Crippen LogP) is 4.30. The highest BCUT2D eigenvalue weighted by Gasteiger charge is 2.17. The van der Waals surface area contributed by atoms with Crippen LogP contribution in [0.2, 0.25) is 5.02 Å². The Morgan fingerprint density at radius 2 is 1.91 bits per heavy atom. The van der Waals surface area contributed by atoms with Gasteiger partial charge in [0.15, 0.2) is 0 Å². The van der Waals surface area contributed by atoms with Gasteiger partial charge in [-0.25, -0.2) is 0 Å². The van der Waals surface area contributed by atoms with Crippen molar-refractivity contribution in [1.82, 2.24) is 15.0 Å². The summed E-state index contributed by atoms with van der Waals surface area (Å²) >= 11 is 5.95. The topological polar surface area (TPSA) is 131 Å². The van der Waals surface area contributed by atoms with Crippen molar-refractivity contribution in [3.05, 3.63) is 69.2 Å². The Morgan fingerprint density at radius 3 is 2.66 bits per heavy atom. The van der Waals surface area contributed by atoms with E-state index in [0.29, 0.717) is 48.8 Å². The van der Waals surface area contributed by atoms with Gasteiger partial charge >= 0.3 is 0 Å². The Hall–Kier alpha value is -3.70. The third-order valence-electron chi connectivity index (χ3n) is 4.54.